The molecule has 0 spiro atoms. The van der Waals surface area contributed by atoms with Crippen molar-refractivity contribution in [2.45, 2.75) is 18.0 Å². The minimum absolute atomic E-state index is 0.0736. The van der Waals surface area contributed by atoms with E-state index in [1.807, 2.05) is 0 Å². The van der Waals surface area contributed by atoms with Crippen molar-refractivity contribution in [2.75, 3.05) is 13.7 Å². The van der Waals surface area contributed by atoms with Crippen molar-refractivity contribution in [3.05, 3.63) is 29.8 Å². The molecule has 20 heavy (non-hydrogen) atoms. The van der Waals surface area contributed by atoms with Gasteiger partial charge in [0.15, 0.2) is 0 Å². The summed E-state index contributed by atoms with van der Waals surface area (Å²) in [6.07, 6.45) is -0.0736. The van der Waals surface area contributed by atoms with E-state index in [4.69, 9.17) is 9.84 Å². The molecule has 9 heteroatoms. The van der Waals surface area contributed by atoms with Crippen LogP contribution in [0.4, 0.5) is 13.2 Å². The van der Waals surface area contributed by atoms with Crippen molar-refractivity contribution in [2.24, 2.45) is 0 Å². The highest BCUT2D eigenvalue weighted by molar-refractivity contribution is 7.90. The Kier molecular flexibility index (Phi) is 5.37. The second-order valence-electron chi connectivity index (χ2n) is 4.00. The van der Waals surface area contributed by atoms with Crippen LogP contribution in [0, 0.1) is 0 Å². The number of hydrogen-bond acceptors (Lipinski definition) is 4. The number of hydrogen-bond donors (Lipinski definition) is 2. The molecule has 0 saturated carbocycles. The highest BCUT2D eigenvalue weighted by atomic mass is 32.2. The highest BCUT2D eigenvalue weighted by Crippen LogP contribution is 2.22. The van der Waals surface area contributed by atoms with Crippen molar-refractivity contribution in [3.63, 3.8) is 0 Å². The van der Waals surface area contributed by atoms with E-state index >= 15 is 0 Å². The molecule has 5 nitrogen and oxygen atoms in total. The molecule has 0 saturated heterocycles. The minimum Gasteiger partial charge on any atom is -0.497 e. The van der Waals surface area contributed by atoms with E-state index in [0.717, 1.165) is 0 Å². The van der Waals surface area contributed by atoms with Gasteiger partial charge in [-0.05, 0) is 24.1 Å². The van der Waals surface area contributed by atoms with E-state index in [2.05, 4.69) is 0 Å². The number of nitrogens with one attached hydrogen (secondary N) is 1. The van der Waals surface area contributed by atoms with Crippen LogP contribution in [0.15, 0.2) is 24.3 Å². The maximum Gasteiger partial charge on any atom is 0.511 e. The first-order chi connectivity index (χ1) is 9.19. The second-order valence-corrected chi connectivity index (χ2v) is 5.70. The van der Waals surface area contributed by atoms with Gasteiger partial charge in [0.25, 0.3) is 0 Å². The Hall–Kier alpha value is -1.32. The molecule has 1 aromatic rings. The van der Waals surface area contributed by atoms with Crippen LogP contribution < -0.4 is 9.46 Å². The van der Waals surface area contributed by atoms with Crippen molar-refractivity contribution in [3.8, 4) is 5.75 Å². The number of rotatable bonds is 6. The molecular formula is C11H14F3NO4S. The molecule has 0 amide bonds. The van der Waals surface area contributed by atoms with Crippen LogP contribution in [0.25, 0.3) is 0 Å². The predicted octanol–water partition coefficient (Wildman–Crippen LogP) is 1.04. The Morgan fingerprint density at radius 2 is 1.85 bits per heavy atom. The molecule has 0 fully saturated rings. The van der Waals surface area contributed by atoms with Gasteiger partial charge in [-0.2, -0.15) is 13.2 Å². The van der Waals surface area contributed by atoms with E-state index in [1.54, 1.807) is 24.3 Å². The third-order valence-electron chi connectivity index (χ3n) is 2.49. The van der Waals surface area contributed by atoms with Crippen molar-refractivity contribution >= 4 is 10.0 Å². The van der Waals surface area contributed by atoms with Gasteiger partial charge in [-0.25, -0.2) is 13.1 Å². The molecule has 0 aliphatic carbocycles. The van der Waals surface area contributed by atoms with Crippen LogP contribution in [-0.4, -0.2) is 38.8 Å². The van der Waals surface area contributed by atoms with E-state index in [9.17, 15) is 21.6 Å². The van der Waals surface area contributed by atoms with Crippen LogP contribution >= 0.6 is 0 Å². The number of aliphatic hydroxyl groups excluding tert-OH is 1. The molecule has 114 valence electrons. The van der Waals surface area contributed by atoms with E-state index in [0.29, 0.717) is 11.3 Å². The largest absolute Gasteiger partial charge is 0.511 e. The maximum atomic E-state index is 12.2. The molecule has 0 aliphatic rings. The van der Waals surface area contributed by atoms with Gasteiger partial charge in [-0.3, -0.25) is 0 Å². The Balaban J connectivity index is 2.77. The van der Waals surface area contributed by atoms with Crippen molar-refractivity contribution in [1.82, 2.24) is 4.72 Å². The lowest BCUT2D eigenvalue weighted by Crippen LogP contribution is -2.45. The maximum absolute atomic E-state index is 12.2. The average Bonchev–Trinajstić information content (AvgIpc) is 2.37. The summed E-state index contributed by atoms with van der Waals surface area (Å²) in [4.78, 5) is 0. The SMILES string of the molecule is COc1ccc(CC(CO)NS(=O)(=O)C(F)(F)F)cc1. The molecular weight excluding hydrogens is 299 g/mol. The van der Waals surface area contributed by atoms with Gasteiger partial charge in [-0.15, -0.1) is 0 Å². The van der Waals surface area contributed by atoms with Gasteiger partial charge in [0, 0.05) is 6.04 Å². The molecule has 0 aromatic heterocycles. The predicted molar refractivity (Wildman–Crippen MR) is 65.7 cm³/mol. The zero-order valence-corrected chi connectivity index (χ0v) is 11.3. The number of benzene rings is 1. The fourth-order valence-corrected chi connectivity index (χ4v) is 2.21. The number of halogens is 3. The number of sulfonamides is 1. The lowest BCUT2D eigenvalue weighted by molar-refractivity contribution is -0.0452. The second kappa shape index (κ2) is 6.42. The number of methoxy groups -OCH3 is 1. The highest BCUT2D eigenvalue weighted by Gasteiger charge is 2.46. The third kappa shape index (κ3) is 4.36. The van der Waals surface area contributed by atoms with Gasteiger partial charge >= 0.3 is 15.5 Å². The molecule has 1 unspecified atom stereocenters. The van der Waals surface area contributed by atoms with Gasteiger partial charge in [-0.1, -0.05) is 12.1 Å². The van der Waals surface area contributed by atoms with Crippen molar-refractivity contribution in [1.29, 1.82) is 0 Å². The number of ether oxygens (including phenoxy) is 1. The Morgan fingerprint density at radius 3 is 2.25 bits per heavy atom. The molecule has 0 aliphatic heterocycles. The number of aliphatic hydroxyl groups is 1. The third-order valence-corrected chi connectivity index (χ3v) is 3.74. The summed E-state index contributed by atoms with van der Waals surface area (Å²) in [5.74, 6) is 0.560. The first-order valence-electron chi connectivity index (χ1n) is 5.52. The molecule has 2 N–H and O–H groups in total. The minimum atomic E-state index is -5.48. The van der Waals surface area contributed by atoms with Crippen LogP contribution in [0.5, 0.6) is 5.75 Å². The van der Waals surface area contributed by atoms with E-state index in [1.165, 1.54) is 11.8 Å². The molecule has 1 rings (SSSR count). The first kappa shape index (κ1) is 16.7. The lowest BCUT2D eigenvalue weighted by Gasteiger charge is -2.17. The lowest BCUT2D eigenvalue weighted by atomic mass is 10.1. The Labute approximate surface area is 114 Å². The zero-order valence-electron chi connectivity index (χ0n) is 10.5. The molecule has 0 heterocycles. The quantitative estimate of drug-likeness (QED) is 0.823. The Morgan fingerprint density at radius 1 is 1.30 bits per heavy atom. The summed E-state index contributed by atoms with van der Waals surface area (Å²) < 4.78 is 64.9. The smallest absolute Gasteiger partial charge is 0.497 e. The summed E-state index contributed by atoms with van der Waals surface area (Å²) in [5.41, 5.74) is -4.84. The normalized spacial score (nSPS) is 14.1. The van der Waals surface area contributed by atoms with Crippen LogP contribution in [0.3, 0.4) is 0 Å². The summed E-state index contributed by atoms with van der Waals surface area (Å²) in [6, 6.07) is 5.06. The standard InChI is InChI=1S/C11H14F3NO4S/c1-19-10-4-2-8(3-5-10)6-9(7-16)15-20(17,18)11(12,13)14/h2-5,9,15-16H,6-7H2,1H3. The summed E-state index contributed by atoms with van der Waals surface area (Å²) >= 11 is 0. The summed E-state index contributed by atoms with van der Waals surface area (Å²) in [5, 5.41) is 9.00. The van der Waals surface area contributed by atoms with E-state index in [-0.39, 0.29) is 6.42 Å². The zero-order chi connectivity index (χ0) is 15.4. The van der Waals surface area contributed by atoms with Gasteiger partial charge in [0.05, 0.1) is 13.7 Å². The first-order valence-corrected chi connectivity index (χ1v) is 7.00. The fraction of sp³-hybridized carbons (Fsp3) is 0.455. The summed E-state index contributed by atoms with van der Waals surface area (Å²) in [6.45, 7) is -0.749. The van der Waals surface area contributed by atoms with E-state index < -0.39 is 28.2 Å². The molecule has 1 atom stereocenters. The molecule has 0 bridgehead atoms. The molecule has 0 radical (unpaired) electrons. The van der Waals surface area contributed by atoms with Crippen LogP contribution in [0.2, 0.25) is 0 Å². The van der Waals surface area contributed by atoms with Crippen LogP contribution in [0.1, 0.15) is 5.56 Å². The van der Waals surface area contributed by atoms with Gasteiger partial charge in [0.2, 0.25) is 0 Å². The van der Waals surface area contributed by atoms with Crippen LogP contribution in [-0.2, 0) is 16.4 Å². The monoisotopic (exact) mass is 313 g/mol. The topological polar surface area (TPSA) is 75.6 Å². The van der Waals surface area contributed by atoms with Gasteiger partial charge < -0.3 is 9.84 Å². The molecule has 1 aromatic carbocycles. The average molecular weight is 313 g/mol. The fourth-order valence-electron chi connectivity index (χ4n) is 1.48. The Bertz CT molecular complexity index is 528. The van der Waals surface area contributed by atoms with Gasteiger partial charge in [0.1, 0.15) is 5.75 Å². The number of alkyl halides is 3. The summed E-state index contributed by atoms with van der Waals surface area (Å²) in [7, 11) is -4.02. The van der Waals surface area contributed by atoms with Crippen molar-refractivity contribution < 1.29 is 31.4 Å².